The molecule has 0 radical (unpaired) electrons. The normalized spacial score (nSPS) is 11.6. The van der Waals surface area contributed by atoms with Crippen LogP contribution in [0, 0.1) is 4.91 Å². The summed E-state index contributed by atoms with van der Waals surface area (Å²) >= 11 is 1.46. The molecule has 0 bridgehead atoms. The molecule has 17 heavy (non-hydrogen) atoms. The molecule has 5 nitrogen and oxygen atoms in total. The number of nitrogens with zero attached hydrogens (tertiary/aromatic N) is 1. The highest BCUT2D eigenvalue weighted by atomic mass is 32.2. The van der Waals surface area contributed by atoms with Crippen LogP contribution < -0.4 is 5.32 Å². The highest BCUT2D eigenvalue weighted by molar-refractivity contribution is 7.98. The summed E-state index contributed by atoms with van der Waals surface area (Å²) in [6.07, 6.45) is 1.87. The van der Waals surface area contributed by atoms with Crippen molar-refractivity contribution in [2.24, 2.45) is 5.18 Å². The highest BCUT2D eigenvalue weighted by Gasteiger charge is 2.15. The molecule has 0 atom stereocenters. The predicted molar refractivity (Wildman–Crippen MR) is 68.0 cm³/mol. The van der Waals surface area contributed by atoms with Crippen LogP contribution >= 0.6 is 11.8 Å². The summed E-state index contributed by atoms with van der Waals surface area (Å²) in [6.45, 7) is 1.23. The van der Waals surface area contributed by atoms with E-state index in [4.69, 9.17) is 5.11 Å². The number of aliphatic hydroxyl groups excluding tert-OH is 1. The zero-order chi connectivity index (χ0) is 12.8. The Kier molecular flexibility index (Phi) is 4.71. The Bertz CT molecular complexity index is 468. The second-order valence-electron chi connectivity index (χ2n) is 3.18. The number of carbonyl (C=O) groups excluding carboxylic acids is 1. The number of aliphatic hydroxyl groups is 1. The molecule has 6 heteroatoms. The summed E-state index contributed by atoms with van der Waals surface area (Å²) in [5.41, 5.74) is 0.0632. The Morgan fingerprint density at radius 3 is 2.59 bits per heavy atom. The SMILES string of the molecule is CSc1ccccc1NC(=O)/C(N=O)=C(\C)O. The molecule has 1 aromatic carbocycles. The third kappa shape index (κ3) is 3.32. The van der Waals surface area contributed by atoms with Gasteiger partial charge in [-0.25, -0.2) is 0 Å². The fourth-order valence-corrected chi connectivity index (χ4v) is 1.75. The van der Waals surface area contributed by atoms with Crippen molar-refractivity contribution >= 4 is 23.4 Å². The summed E-state index contributed by atoms with van der Waals surface area (Å²) in [5.74, 6) is -1.12. The second-order valence-corrected chi connectivity index (χ2v) is 4.03. The molecule has 0 unspecified atom stereocenters. The van der Waals surface area contributed by atoms with Crippen LogP contribution in [0.4, 0.5) is 5.69 Å². The third-order valence-electron chi connectivity index (χ3n) is 2.00. The molecule has 90 valence electrons. The van der Waals surface area contributed by atoms with Crippen molar-refractivity contribution < 1.29 is 9.90 Å². The van der Waals surface area contributed by atoms with E-state index in [1.807, 2.05) is 18.4 Å². The number of para-hydroxylation sites is 1. The number of allylic oxidation sites excluding steroid dienone is 1. The van der Waals surface area contributed by atoms with E-state index >= 15 is 0 Å². The van der Waals surface area contributed by atoms with Crippen LogP contribution in [-0.2, 0) is 4.79 Å². The van der Waals surface area contributed by atoms with Gasteiger partial charge in [0, 0.05) is 4.90 Å². The number of thioether (sulfide) groups is 1. The number of hydrogen-bond acceptors (Lipinski definition) is 5. The van der Waals surface area contributed by atoms with Crippen molar-refractivity contribution in [3.63, 3.8) is 0 Å². The third-order valence-corrected chi connectivity index (χ3v) is 2.80. The number of anilines is 1. The van der Waals surface area contributed by atoms with E-state index in [0.717, 1.165) is 4.90 Å². The van der Waals surface area contributed by atoms with Crippen LogP contribution in [0.3, 0.4) is 0 Å². The summed E-state index contributed by atoms with van der Waals surface area (Å²) in [6, 6.07) is 7.15. The van der Waals surface area contributed by atoms with Crippen molar-refractivity contribution in [3.05, 3.63) is 40.6 Å². The minimum atomic E-state index is -0.721. The van der Waals surface area contributed by atoms with Crippen LogP contribution in [-0.4, -0.2) is 17.3 Å². The number of amides is 1. The lowest BCUT2D eigenvalue weighted by Gasteiger charge is -2.08. The molecule has 2 N–H and O–H groups in total. The molecule has 0 aliphatic heterocycles. The molecule has 0 saturated carbocycles. The van der Waals surface area contributed by atoms with Gasteiger partial charge in [0.25, 0.3) is 5.91 Å². The molecule has 0 saturated heterocycles. The van der Waals surface area contributed by atoms with Gasteiger partial charge in [-0.3, -0.25) is 4.79 Å². The van der Waals surface area contributed by atoms with Crippen molar-refractivity contribution in [3.8, 4) is 0 Å². The molecule has 0 aromatic heterocycles. The summed E-state index contributed by atoms with van der Waals surface area (Å²) in [5, 5.41) is 14.1. The molecular formula is C11H12N2O3S. The minimum absolute atomic E-state index is 0.404. The van der Waals surface area contributed by atoms with Gasteiger partial charge in [-0.2, -0.15) is 0 Å². The minimum Gasteiger partial charge on any atom is -0.510 e. The Balaban J connectivity index is 2.96. The molecule has 1 rings (SSSR count). The number of rotatable bonds is 4. The maximum Gasteiger partial charge on any atom is 0.281 e. The lowest BCUT2D eigenvalue weighted by Crippen LogP contribution is -2.15. The summed E-state index contributed by atoms with van der Waals surface area (Å²) < 4.78 is 0. The van der Waals surface area contributed by atoms with E-state index in [9.17, 15) is 9.70 Å². The van der Waals surface area contributed by atoms with Crippen molar-refractivity contribution in [2.75, 3.05) is 11.6 Å². The number of carbonyl (C=O) groups is 1. The monoisotopic (exact) mass is 252 g/mol. The predicted octanol–water partition coefficient (Wildman–Crippen LogP) is 2.90. The zero-order valence-corrected chi connectivity index (χ0v) is 10.2. The first-order valence-corrected chi connectivity index (χ1v) is 6.00. The van der Waals surface area contributed by atoms with Gasteiger partial charge >= 0.3 is 0 Å². The van der Waals surface area contributed by atoms with Crippen LogP contribution in [0.25, 0.3) is 0 Å². The first-order chi connectivity index (χ1) is 8.10. The Labute approximate surface area is 103 Å². The summed E-state index contributed by atoms with van der Waals surface area (Å²) in [7, 11) is 0. The molecule has 0 aliphatic rings. The van der Waals surface area contributed by atoms with Crippen molar-refractivity contribution in [1.82, 2.24) is 0 Å². The molecule has 0 aliphatic carbocycles. The van der Waals surface area contributed by atoms with Gasteiger partial charge in [0.05, 0.1) is 5.69 Å². The molecule has 0 spiro atoms. The molecule has 0 fully saturated rings. The van der Waals surface area contributed by atoms with Gasteiger partial charge < -0.3 is 10.4 Å². The fourth-order valence-electron chi connectivity index (χ4n) is 1.20. The van der Waals surface area contributed by atoms with Gasteiger partial charge in [0.1, 0.15) is 5.76 Å². The highest BCUT2D eigenvalue weighted by Crippen LogP contribution is 2.25. The standard InChI is InChI=1S/C11H12N2O3S/c1-7(14)10(13-16)11(15)12-8-5-3-4-6-9(8)17-2/h3-6,14H,1-2H3,(H,12,15)/b10-7-. The molecule has 0 heterocycles. The largest absolute Gasteiger partial charge is 0.510 e. The van der Waals surface area contributed by atoms with E-state index in [0.29, 0.717) is 5.69 Å². The van der Waals surface area contributed by atoms with Crippen LogP contribution in [0.15, 0.2) is 45.8 Å². The van der Waals surface area contributed by atoms with E-state index in [2.05, 4.69) is 10.5 Å². The number of hydrogen-bond donors (Lipinski definition) is 2. The van der Waals surface area contributed by atoms with Gasteiger partial charge in [0.2, 0.25) is 5.70 Å². The molecule has 1 amide bonds. The quantitative estimate of drug-likeness (QED) is 0.374. The lowest BCUT2D eigenvalue weighted by atomic mass is 10.3. The molecular weight excluding hydrogens is 240 g/mol. The summed E-state index contributed by atoms with van der Waals surface area (Å²) in [4.78, 5) is 22.9. The van der Waals surface area contributed by atoms with Gasteiger partial charge in [-0.1, -0.05) is 12.1 Å². The first-order valence-electron chi connectivity index (χ1n) is 4.77. The van der Waals surface area contributed by atoms with Crippen LogP contribution in [0.5, 0.6) is 0 Å². The Morgan fingerprint density at radius 1 is 1.41 bits per heavy atom. The van der Waals surface area contributed by atoms with E-state index < -0.39 is 17.4 Å². The average molecular weight is 252 g/mol. The lowest BCUT2D eigenvalue weighted by molar-refractivity contribution is -0.113. The molecule has 1 aromatic rings. The van der Waals surface area contributed by atoms with E-state index in [1.165, 1.54) is 18.7 Å². The van der Waals surface area contributed by atoms with Crippen molar-refractivity contribution in [2.45, 2.75) is 11.8 Å². The van der Waals surface area contributed by atoms with E-state index in [1.54, 1.807) is 12.1 Å². The Hall–Kier alpha value is -1.82. The van der Waals surface area contributed by atoms with Crippen LogP contribution in [0.1, 0.15) is 6.92 Å². The fraction of sp³-hybridized carbons (Fsp3) is 0.182. The van der Waals surface area contributed by atoms with Crippen LogP contribution in [0.2, 0.25) is 0 Å². The topological polar surface area (TPSA) is 78.8 Å². The van der Waals surface area contributed by atoms with Gasteiger partial charge in [-0.05, 0) is 30.5 Å². The Morgan fingerprint density at radius 2 is 2.06 bits per heavy atom. The maximum absolute atomic E-state index is 11.6. The van der Waals surface area contributed by atoms with Crippen molar-refractivity contribution in [1.29, 1.82) is 0 Å². The number of nitrogens with one attached hydrogen (secondary N) is 1. The maximum atomic E-state index is 11.6. The smallest absolute Gasteiger partial charge is 0.281 e. The average Bonchev–Trinajstić information content (AvgIpc) is 2.30. The second kappa shape index (κ2) is 6.05. The van der Waals surface area contributed by atoms with E-state index in [-0.39, 0.29) is 0 Å². The number of benzene rings is 1. The number of nitroso groups, excluding NO2 is 1. The first kappa shape index (κ1) is 13.2. The van der Waals surface area contributed by atoms with Gasteiger partial charge in [0.15, 0.2) is 0 Å². The van der Waals surface area contributed by atoms with Gasteiger partial charge in [-0.15, -0.1) is 16.7 Å². The zero-order valence-electron chi connectivity index (χ0n) is 9.43.